The third-order valence-corrected chi connectivity index (χ3v) is 3.48. The van der Waals surface area contributed by atoms with E-state index in [-0.39, 0.29) is 18.1 Å². The molecule has 0 bridgehead atoms. The number of rotatable bonds is 3. The second-order valence-corrected chi connectivity index (χ2v) is 5.21. The second kappa shape index (κ2) is 5.55. The number of aryl methyl sites for hydroxylation is 1. The van der Waals surface area contributed by atoms with Crippen LogP contribution in [-0.2, 0) is 11.3 Å². The van der Waals surface area contributed by atoms with E-state index < -0.39 is 11.8 Å². The number of carbonyl (C=O) groups is 2. The Hall–Kier alpha value is -2.76. The summed E-state index contributed by atoms with van der Waals surface area (Å²) in [5.41, 5.74) is 2.22. The molecule has 22 heavy (non-hydrogen) atoms. The molecule has 0 radical (unpaired) electrons. The summed E-state index contributed by atoms with van der Waals surface area (Å²) in [5, 5.41) is 0. The molecule has 1 aromatic heterocycles. The van der Waals surface area contributed by atoms with Gasteiger partial charge in [0.05, 0.1) is 18.1 Å². The minimum Gasteiger partial charge on any atom is -0.310 e. The highest BCUT2D eigenvalue weighted by molar-refractivity contribution is 6.19. The van der Waals surface area contributed by atoms with Crippen LogP contribution in [0.15, 0.2) is 42.7 Å². The molecule has 3 amide bonds. The van der Waals surface area contributed by atoms with Gasteiger partial charge in [-0.2, -0.15) is 0 Å². The van der Waals surface area contributed by atoms with Crippen molar-refractivity contribution in [2.24, 2.45) is 0 Å². The van der Waals surface area contributed by atoms with Crippen LogP contribution in [0.3, 0.4) is 0 Å². The van der Waals surface area contributed by atoms with Gasteiger partial charge in [0, 0.05) is 12.6 Å². The van der Waals surface area contributed by atoms with Gasteiger partial charge in [0.15, 0.2) is 0 Å². The van der Waals surface area contributed by atoms with Gasteiger partial charge in [0.25, 0.3) is 5.91 Å². The number of hydrogen-bond acceptors (Lipinski definition) is 3. The Morgan fingerprint density at radius 3 is 2.59 bits per heavy atom. The molecule has 0 unspecified atom stereocenters. The summed E-state index contributed by atoms with van der Waals surface area (Å²) in [6.07, 6.45) is 2.33. The van der Waals surface area contributed by atoms with E-state index in [1.807, 2.05) is 31.2 Å². The molecule has 2 heterocycles. The molecule has 3 rings (SSSR count). The lowest BCUT2D eigenvalue weighted by Crippen LogP contribution is -2.32. The third kappa shape index (κ3) is 2.67. The van der Waals surface area contributed by atoms with E-state index in [2.05, 4.69) is 4.98 Å². The lowest BCUT2D eigenvalue weighted by Gasteiger charge is -2.17. The van der Waals surface area contributed by atoms with Gasteiger partial charge in [-0.05, 0) is 12.5 Å². The molecular formula is C16H14FN3O2. The van der Waals surface area contributed by atoms with Crippen molar-refractivity contribution in [1.29, 1.82) is 0 Å². The van der Waals surface area contributed by atoms with Crippen LogP contribution < -0.4 is 4.90 Å². The first kappa shape index (κ1) is 14.2. The van der Waals surface area contributed by atoms with Crippen LogP contribution >= 0.6 is 0 Å². The lowest BCUT2D eigenvalue weighted by atomic mass is 10.1. The number of benzene rings is 1. The van der Waals surface area contributed by atoms with Gasteiger partial charge >= 0.3 is 6.03 Å². The van der Waals surface area contributed by atoms with Gasteiger partial charge in [-0.3, -0.25) is 9.78 Å². The van der Waals surface area contributed by atoms with E-state index in [0.717, 1.165) is 28.3 Å². The third-order valence-electron chi connectivity index (χ3n) is 3.48. The van der Waals surface area contributed by atoms with Crippen LogP contribution in [0.1, 0.15) is 11.1 Å². The molecule has 0 saturated carbocycles. The van der Waals surface area contributed by atoms with Crippen molar-refractivity contribution in [3.8, 4) is 0 Å². The number of imide groups is 1. The normalized spacial score (nSPS) is 14.8. The predicted octanol–water partition coefficient (Wildman–Crippen LogP) is 2.50. The van der Waals surface area contributed by atoms with E-state index >= 15 is 0 Å². The Labute approximate surface area is 127 Å². The summed E-state index contributed by atoms with van der Waals surface area (Å²) in [6, 6.07) is 8.40. The topological polar surface area (TPSA) is 53.5 Å². The fraction of sp³-hybridized carbons (Fsp3) is 0.188. The monoisotopic (exact) mass is 299 g/mol. The van der Waals surface area contributed by atoms with Crippen LogP contribution in [0, 0.1) is 12.7 Å². The van der Waals surface area contributed by atoms with Gasteiger partial charge < -0.3 is 4.90 Å². The first-order chi connectivity index (χ1) is 10.5. The average molecular weight is 299 g/mol. The fourth-order valence-electron chi connectivity index (χ4n) is 2.36. The first-order valence-corrected chi connectivity index (χ1v) is 6.82. The highest BCUT2D eigenvalue weighted by Crippen LogP contribution is 2.22. The summed E-state index contributed by atoms with van der Waals surface area (Å²) in [5.74, 6) is -0.973. The van der Waals surface area contributed by atoms with Crippen LogP contribution in [0.25, 0.3) is 0 Å². The lowest BCUT2D eigenvalue weighted by molar-refractivity contribution is -0.116. The zero-order valence-corrected chi connectivity index (χ0v) is 12.0. The van der Waals surface area contributed by atoms with Crippen LogP contribution in [-0.4, -0.2) is 28.4 Å². The van der Waals surface area contributed by atoms with E-state index in [9.17, 15) is 14.0 Å². The maximum atomic E-state index is 13.2. The van der Waals surface area contributed by atoms with E-state index in [1.54, 1.807) is 0 Å². The van der Waals surface area contributed by atoms with Crippen molar-refractivity contribution in [1.82, 2.24) is 9.88 Å². The largest absolute Gasteiger partial charge is 0.332 e. The molecule has 1 aromatic carbocycles. The Kier molecular flexibility index (Phi) is 3.58. The number of halogens is 1. The zero-order valence-electron chi connectivity index (χ0n) is 12.0. The van der Waals surface area contributed by atoms with Crippen molar-refractivity contribution in [2.75, 3.05) is 11.4 Å². The smallest absolute Gasteiger partial charge is 0.310 e. The zero-order chi connectivity index (χ0) is 15.7. The van der Waals surface area contributed by atoms with E-state index in [1.165, 1.54) is 11.1 Å². The van der Waals surface area contributed by atoms with Crippen molar-refractivity contribution in [2.45, 2.75) is 13.5 Å². The Morgan fingerprint density at radius 1 is 1.18 bits per heavy atom. The number of amides is 3. The van der Waals surface area contributed by atoms with Crippen LogP contribution in [0.4, 0.5) is 14.9 Å². The number of hydrogen-bond donors (Lipinski definition) is 0. The quantitative estimate of drug-likeness (QED) is 0.818. The Bertz CT molecular complexity index is 730. The first-order valence-electron chi connectivity index (χ1n) is 6.82. The van der Waals surface area contributed by atoms with E-state index in [4.69, 9.17) is 0 Å². The molecule has 1 saturated heterocycles. The summed E-state index contributed by atoms with van der Waals surface area (Å²) in [6.45, 7) is 2.29. The SMILES string of the molecule is Cc1ccc(CN2CC(=O)N(c3cncc(F)c3)C2=O)cc1. The number of nitrogens with zero attached hydrogens (tertiary/aromatic N) is 3. The molecule has 6 heteroatoms. The van der Waals surface area contributed by atoms with Gasteiger partial charge in [-0.25, -0.2) is 14.1 Å². The molecule has 1 aliphatic rings. The number of aromatic nitrogens is 1. The summed E-state index contributed by atoms with van der Waals surface area (Å²) in [7, 11) is 0. The molecule has 0 spiro atoms. The standard InChI is InChI=1S/C16H14FN3O2/c1-11-2-4-12(5-3-11)9-19-10-15(21)20(16(19)22)14-6-13(17)7-18-8-14/h2-8H,9-10H2,1H3. The number of urea groups is 1. The van der Waals surface area contributed by atoms with Gasteiger partial charge in [0.2, 0.25) is 0 Å². The predicted molar refractivity (Wildman–Crippen MR) is 78.7 cm³/mol. The molecule has 1 fully saturated rings. The maximum absolute atomic E-state index is 13.2. The Balaban J connectivity index is 1.81. The molecule has 112 valence electrons. The second-order valence-electron chi connectivity index (χ2n) is 5.21. The molecule has 2 aromatic rings. The minimum absolute atomic E-state index is 0.0246. The maximum Gasteiger partial charge on any atom is 0.332 e. The average Bonchev–Trinajstić information content (AvgIpc) is 2.76. The summed E-state index contributed by atoms with van der Waals surface area (Å²) >= 11 is 0. The van der Waals surface area contributed by atoms with E-state index in [0.29, 0.717) is 6.54 Å². The minimum atomic E-state index is -0.588. The van der Waals surface area contributed by atoms with Gasteiger partial charge in [-0.15, -0.1) is 0 Å². The molecule has 0 N–H and O–H groups in total. The van der Waals surface area contributed by atoms with Crippen molar-refractivity contribution >= 4 is 17.6 Å². The highest BCUT2D eigenvalue weighted by atomic mass is 19.1. The summed E-state index contributed by atoms with van der Waals surface area (Å²) in [4.78, 5) is 30.5. The number of anilines is 1. The molecular weight excluding hydrogens is 285 g/mol. The molecule has 1 aliphatic heterocycles. The van der Waals surface area contributed by atoms with Crippen LogP contribution in [0.5, 0.6) is 0 Å². The van der Waals surface area contributed by atoms with Crippen molar-refractivity contribution in [3.05, 3.63) is 59.7 Å². The van der Waals surface area contributed by atoms with Gasteiger partial charge in [0.1, 0.15) is 12.4 Å². The molecule has 0 atom stereocenters. The summed E-state index contributed by atoms with van der Waals surface area (Å²) < 4.78 is 13.2. The molecule has 0 aliphatic carbocycles. The van der Waals surface area contributed by atoms with Crippen LogP contribution in [0.2, 0.25) is 0 Å². The number of carbonyl (C=O) groups excluding carboxylic acids is 2. The van der Waals surface area contributed by atoms with Gasteiger partial charge in [-0.1, -0.05) is 29.8 Å². The Morgan fingerprint density at radius 2 is 1.91 bits per heavy atom. The van der Waals surface area contributed by atoms with Crippen molar-refractivity contribution in [3.63, 3.8) is 0 Å². The fourth-order valence-corrected chi connectivity index (χ4v) is 2.36. The number of pyridine rings is 1. The van der Waals surface area contributed by atoms with Crippen molar-refractivity contribution < 1.29 is 14.0 Å². The molecule has 5 nitrogen and oxygen atoms in total. The highest BCUT2D eigenvalue weighted by Gasteiger charge is 2.37.